The fourth-order valence-corrected chi connectivity index (χ4v) is 5.45. The highest BCUT2D eigenvalue weighted by molar-refractivity contribution is 6.32. The smallest absolute Gasteiger partial charge is 0.227 e. The van der Waals surface area contributed by atoms with Crippen LogP contribution < -0.4 is 5.32 Å². The summed E-state index contributed by atoms with van der Waals surface area (Å²) in [6, 6.07) is 4.12. The molecule has 7 nitrogen and oxygen atoms in total. The zero-order chi connectivity index (χ0) is 22.7. The summed E-state index contributed by atoms with van der Waals surface area (Å²) in [5, 5.41) is 9.44. The number of aromatic nitrogens is 4. The van der Waals surface area contributed by atoms with Gasteiger partial charge in [-0.25, -0.2) is 19.0 Å². The lowest BCUT2D eigenvalue weighted by Crippen LogP contribution is -2.63. The SMILES string of the molecule is CC1(N2CC[C@@H](c3cc4nc(Nc5cnn(C6CC6)c5Cl)ncc4cc3Cl)[C@H](F)C2)COC1. The van der Waals surface area contributed by atoms with E-state index in [2.05, 4.69) is 32.2 Å². The van der Waals surface area contributed by atoms with Gasteiger partial charge in [-0.3, -0.25) is 4.90 Å². The highest BCUT2D eigenvalue weighted by Crippen LogP contribution is 2.40. The van der Waals surface area contributed by atoms with Gasteiger partial charge in [0.25, 0.3) is 0 Å². The monoisotopic (exact) mass is 490 g/mol. The molecule has 0 unspecified atom stereocenters. The minimum atomic E-state index is -1.00. The third kappa shape index (κ3) is 3.87. The molecular formula is C23H25Cl2FN6O. The van der Waals surface area contributed by atoms with E-state index in [0.717, 1.165) is 30.3 Å². The normalized spacial score (nSPS) is 25.2. The second-order valence-electron chi connectivity index (χ2n) is 9.62. The van der Waals surface area contributed by atoms with Crippen molar-refractivity contribution in [3.05, 3.63) is 40.3 Å². The average Bonchev–Trinajstić information content (AvgIpc) is 3.56. The van der Waals surface area contributed by atoms with E-state index in [9.17, 15) is 0 Å². The Morgan fingerprint density at radius 1 is 1.18 bits per heavy atom. The summed E-state index contributed by atoms with van der Waals surface area (Å²) in [5.41, 5.74) is 2.13. The van der Waals surface area contributed by atoms with Crippen molar-refractivity contribution in [3.8, 4) is 0 Å². The highest BCUT2D eigenvalue weighted by Gasteiger charge is 2.44. The molecule has 0 amide bonds. The lowest BCUT2D eigenvalue weighted by Gasteiger charge is -2.50. The van der Waals surface area contributed by atoms with Crippen molar-refractivity contribution in [3.63, 3.8) is 0 Å². The fourth-order valence-electron chi connectivity index (χ4n) is 4.86. The molecule has 33 heavy (non-hydrogen) atoms. The predicted molar refractivity (Wildman–Crippen MR) is 126 cm³/mol. The van der Waals surface area contributed by atoms with Gasteiger partial charge < -0.3 is 10.1 Å². The molecule has 0 bridgehead atoms. The minimum absolute atomic E-state index is 0.0507. The predicted octanol–water partition coefficient (Wildman–Crippen LogP) is 5.13. The fraction of sp³-hybridized carbons (Fsp3) is 0.522. The maximum Gasteiger partial charge on any atom is 0.227 e. The van der Waals surface area contributed by atoms with Crippen LogP contribution in [0.15, 0.2) is 24.5 Å². The summed E-state index contributed by atoms with van der Waals surface area (Å²) in [7, 11) is 0. The quantitative estimate of drug-likeness (QED) is 0.534. The first-order valence-electron chi connectivity index (χ1n) is 11.3. The number of alkyl halides is 1. The van der Waals surface area contributed by atoms with Gasteiger partial charge in [-0.2, -0.15) is 5.10 Å². The number of piperidine rings is 1. The Kier molecular flexibility index (Phi) is 5.25. The largest absolute Gasteiger partial charge is 0.377 e. The topological polar surface area (TPSA) is 68.1 Å². The van der Waals surface area contributed by atoms with Crippen LogP contribution in [-0.2, 0) is 4.74 Å². The van der Waals surface area contributed by atoms with Gasteiger partial charge in [-0.05, 0) is 50.4 Å². The summed E-state index contributed by atoms with van der Waals surface area (Å²) >= 11 is 13.1. The summed E-state index contributed by atoms with van der Waals surface area (Å²) in [6.07, 6.45) is 5.30. The molecule has 10 heteroatoms. The molecule has 3 aliphatic rings. The van der Waals surface area contributed by atoms with Crippen LogP contribution in [0.2, 0.25) is 10.2 Å². The van der Waals surface area contributed by atoms with Crippen LogP contribution in [0.3, 0.4) is 0 Å². The van der Waals surface area contributed by atoms with Gasteiger partial charge in [0.15, 0.2) is 5.15 Å². The van der Waals surface area contributed by atoms with Crippen LogP contribution in [0, 0.1) is 0 Å². The molecule has 2 aromatic heterocycles. The zero-order valence-corrected chi connectivity index (χ0v) is 19.8. The van der Waals surface area contributed by atoms with E-state index in [-0.39, 0.29) is 11.5 Å². The summed E-state index contributed by atoms with van der Waals surface area (Å²) < 4.78 is 22.5. The summed E-state index contributed by atoms with van der Waals surface area (Å²) in [5.74, 6) is 0.151. The summed E-state index contributed by atoms with van der Waals surface area (Å²) in [4.78, 5) is 11.3. The molecule has 3 aromatic rings. The molecule has 1 saturated carbocycles. The van der Waals surface area contributed by atoms with Crippen LogP contribution in [0.25, 0.3) is 10.9 Å². The Bertz CT molecular complexity index is 1210. The van der Waals surface area contributed by atoms with Crippen molar-refractivity contribution in [2.24, 2.45) is 0 Å². The van der Waals surface area contributed by atoms with E-state index >= 15 is 4.39 Å². The van der Waals surface area contributed by atoms with Gasteiger partial charge in [-0.15, -0.1) is 0 Å². The molecule has 6 rings (SSSR count). The van der Waals surface area contributed by atoms with Gasteiger partial charge in [0.05, 0.1) is 42.2 Å². The van der Waals surface area contributed by atoms with E-state index in [1.54, 1.807) is 12.4 Å². The lowest BCUT2D eigenvalue weighted by atomic mass is 9.84. The van der Waals surface area contributed by atoms with Gasteiger partial charge >= 0.3 is 0 Å². The van der Waals surface area contributed by atoms with Gasteiger partial charge in [0.2, 0.25) is 5.95 Å². The Morgan fingerprint density at radius 2 is 2.00 bits per heavy atom. The van der Waals surface area contributed by atoms with E-state index in [1.165, 1.54) is 0 Å². The van der Waals surface area contributed by atoms with E-state index in [0.29, 0.717) is 59.5 Å². The Morgan fingerprint density at radius 3 is 2.70 bits per heavy atom. The second kappa shape index (κ2) is 8.05. The van der Waals surface area contributed by atoms with Crippen LogP contribution in [-0.4, -0.2) is 62.7 Å². The number of fused-ring (bicyclic) bond motifs is 1. The van der Waals surface area contributed by atoms with Crippen LogP contribution in [0.5, 0.6) is 0 Å². The molecule has 2 aliphatic heterocycles. The molecule has 1 N–H and O–H groups in total. The van der Waals surface area contributed by atoms with Crippen molar-refractivity contribution in [2.75, 3.05) is 31.6 Å². The molecule has 1 aromatic carbocycles. The maximum absolute atomic E-state index is 15.3. The Balaban J connectivity index is 1.25. The molecule has 174 valence electrons. The first-order valence-corrected chi connectivity index (χ1v) is 12.1. The number of benzene rings is 1. The zero-order valence-electron chi connectivity index (χ0n) is 18.3. The Labute approximate surface area is 201 Å². The third-order valence-corrected chi connectivity index (χ3v) is 7.81. The number of hydrogen-bond acceptors (Lipinski definition) is 6. The van der Waals surface area contributed by atoms with Crippen LogP contribution >= 0.6 is 23.2 Å². The minimum Gasteiger partial charge on any atom is -0.377 e. The second-order valence-corrected chi connectivity index (χ2v) is 10.4. The molecule has 0 spiro atoms. The molecule has 0 radical (unpaired) electrons. The third-order valence-electron chi connectivity index (χ3n) is 7.10. The van der Waals surface area contributed by atoms with Crippen LogP contribution in [0.4, 0.5) is 16.0 Å². The van der Waals surface area contributed by atoms with Crippen molar-refractivity contribution in [1.82, 2.24) is 24.6 Å². The molecule has 1 aliphatic carbocycles. The van der Waals surface area contributed by atoms with Crippen molar-refractivity contribution < 1.29 is 9.13 Å². The van der Waals surface area contributed by atoms with Crippen molar-refractivity contribution in [2.45, 2.75) is 49.9 Å². The number of ether oxygens (including phenoxy) is 1. The number of halogens is 3. The number of likely N-dealkylation sites (tertiary alicyclic amines) is 1. The summed E-state index contributed by atoms with van der Waals surface area (Å²) in [6.45, 7) is 4.67. The number of nitrogens with one attached hydrogen (secondary N) is 1. The lowest BCUT2D eigenvalue weighted by molar-refractivity contribution is -0.143. The molecular weight excluding hydrogens is 466 g/mol. The van der Waals surface area contributed by atoms with Gasteiger partial charge in [0, 0.05) is 29.1 Å². The van der Waals surface area contributed by atoms with E-state index < -0.39 is 6.17 Å². The molecule has 4 heterocycles. The standard InChI is InChI=1S/C23H25Cl2FN6O/c1-23(11-33-12-23)31-5-4-15(18(26)10-31)16-7-19-13(6-17(16)24)8-27-22(29-19)30-20-9-28-32(21(20)25)14-2-3-14/h6-9,14-15,18H,2-5,10-12H2,1H3,(H,27,29,30)/t15-,18+/m0/s1. The van der Waals surface area contributed by atoms with Crippen molar-refractivity contribution >= 4 is 45.7 Å². The molecule has 2 atom stereocenters. The van der Waals surface area contributed by atoms with Crippen molar-refractivity contribution in [1.29, 1.82) is 0 Å². The first kappa shape index (κ1) is 21.5. The van der Waals surface area contributed by atoms with E-state index in [4.69, 9.17) is 27.9 Å². The van der Waals surface area contributed by atoms with Gasteiger partial charge in [-0.1, -0.05) is 23.2 Å². The molecule has 3 fully saturated rings. The van der Waals surface area contributed by atoms with E-state index in [1.807, 2.05) is 16.8 Å². The number of anilines is 2. The Hall–Kier alpha value is -2.00. The number of hydrogen-bond donors (Lipinski definition) is 1. The highest BCUT2D eigenvalue weighted by atomic mass is 35.5. The average molecular weight is 491 g/mol. The first-order chi connectivity index (χ1) is 15.9. The maximum atomic E-state index is 15.3. The van der Waals surface area contributed by atoms with Gasteiger partial charge in [0.1, 0.15) is 6.17 Å². The molecule has 2 saturated heterocycles. The number of nitrogens with zero attached hydrogens (tertiary/aromatic N) is 5. The van der Waals surface area contributed by atoms with Crippen LogP contribution in [0.1, 0.15) is 43.7 Å². The number of rotatable bonds is 5.